The van der Waals surface area contributed by atoms with E-state index in [1.165, 1.54) is 6.92 Å². The number of hydrogen-bond donors (Lipinski definition) is 1. The van der Waals surface area contributed by atoms with Crippen LogP contribution in [0.5, 0.6) is 0 Å². The molecule has 0 saturated carbocycles. The van der Waals surface area contributed by atoms with Crippen LogP contribution >= 0.6 is 0 Å². The molecule has 0 saturated heterocycles. The molecule has 0 aliphatic carbocycles. The quantitative estimate of drug-likeness (QED) is 0.616. The van der Waals surface area contributed by atoms with Crippen molar-refractivity contribution in [1.82, 2.24) is 0 Å². The lowest BCUT2D eigenvalue weighted by Crippen LogP contribution is -2.27. The second-order valence-electron chi connectivity index (χ2n) is 1.97. The maximum atomic E-state index is 12.4. The highest BCUT2D eigenvalue weighted by Crippen LogP contribution is 2.10. The van der Waals surface area contributed by atoms with Gasteiger partial charge in [0, 0.05) is 6.54 Å². The SMILES string of the molecule is CC.CCC(C)(F)CN. The minimum absolute atomic E-state index is 0.128. The Morgan fingerprint density at radius 1 is 1.44 bits per heavy atom. The molecule has 0 radical (unpaired) electrons. The Hall–Kier alpha value is -0.110. The maximum absolute atomic E-state index is 12.4. The molecule has 2 heteroatoms. The van der Waals surface area contributed by atoms with Gasteiger partial charge in [0.05, 0.1) is 0 Å². The fraction of sp³-hybridized carbons (Fsp3) is 1.00. The zero-order valence-electron chi connectivity index (χ0n) is 6.87. The van der Waals surface area contributed by atoms with E-state index >= 15 is 0 Å². The minimum atomic E-state index is -1.14. The summed E-state index contributed by atoms with van der Waals surface area (Å²) in [5, 5.41) is 0. The van der Waals surface area contributed by atoms with Crippen LogP contribution in [-0.4, -0.2) is 12.2 Å². The summed E-state index contributed by atoms with van der Waals surface area (Å²) in [6.07, 6.45) is 0.503. The molecule has 1 unspecified atom stereocenters. The molecule has 0 aliphatic heterocycles. The second-order valence-corrected chi connectivity index (χ2v) is 1.97. The summed E-state index contributed by atoms with van der Waals surface area (Å²) in [7, 11) is 0. The molecule has 0 aliphatic rings. The molecule has 9 heavy (non-hydrogen) atoms. The number of nitrogens with two attached hydrogens (primary N) is 1. The largest absolute Gasteiger partial charge is 0.328 e. The second kappa shape index (κ2) is 6.02. The van der Waals surface area contributed by atoms with Gasteiger partial charge in [-0.1, -0.05) is 20.8 Å². The molecule has 2 N–H and O–H groups in total. The van der Waals surface area contributed by atoms with Crippen molar-refractivity contribution in [1.29, 1.82) is 0 Å². The number of hydrogen-bond acceptors (Lipinski definition) is 1. The summed E-state index contributed by atoms with van der Waals surface area (Å²) >= 11 is 0. The molecule has 1 atom stereocenters. The van der Waals surface area contributed by atoms with E-state index in [1.54, 1.807) is 6.92 Å². The highest BCUT2D eigenvalue weighted by atomic mass is 19.1. The first kappa shape index (κ1) is 11.7. The fourth-order valence-corrected chi connectivity index (χ4v) is 0.144. The number of halogens is 1. The zero-order valence-corrected chi connectivity index (χ0v) is 6.87. The van der Waals surface area contributed by atoms with Crippen molar-refractivity contribution in [2.45, 2.75) is 39.8 Å². The van der Waals surface area contributed by atoms with E-state index in [0.717, 1.165) is 0 Å². The fourth-order valence-electron chi connectivity index (χ4n) is 0.144. The molecule has 1 nitrogen and oxygen atoms in total. The Morgan fingerprint density at radius 2 is 1.78 bits per heavy atom. The third-order valence-corrected chi connectivity index (χ3v) is 1.16. The lowest BCUT2D eigenvalue weighted by Gasteiger charge is -2.13. The zero-order chi connectivity index (χ0) is 7.91. The van der Waals surface area contributed by atoms with E-state index < -0.39 is 5.67 Å². The normalized spacial score (nSPS) is 15.3. The van der Waals surface area contributed by atoms with Gasteiger partial charge in [0.25, 0.3) is 0 Å². The third kappa shape index (κ3) is 7.89. The van der Waals surface area contributed by atoms with Crippen LogP contribution in [0.15, 0.2) is 0 Å². The van der Waals surface area contributed by atoms with Crippen LogP contribution in [0.1, 0.15) is 34.1 Å². The van der Waals surface area contributed by atoms with Crippen LogP contribution in [0.2, 0.25) is 0 Å². The standard InChI is InChI=1S/C5H12FN.C2H6/c1-3-5(2,6)4-7;1-2/h3-4,7H2,1-2H3;1-2H3. The highest BCUT2D eigenvalue weighted by molar-refractivity contribution is 4.70. The monoisotopic (exact) mass is 135 g/mol. The molecular weight excluding hydrogens is 117 g/mol. The van der Waals surface area contributed by atoms with Crippen molar-refractivity contribution in [2.24, 2.45) is 5.73 Å². The molecule has 0 spiro atoms. The van der Waals surface area contributed by atoms with Crippen molar-refractivity contribution < 1.29 is 4.39 Å². The van der Waals surface area contributed by atoms with Gasteiger partial charge < -0.3 is 5.73 Å². The van der Waals surface area contributed by atoms with Gasteiger partial charge in [0.1, 0.15) is 5.67 Å². The van der Waals surface area contributed by atoms with Crippen LogP contribution in [0.3, 0.4) is 0 Å². The Bertz CT molecular complexity index is 46.9. The average Bonchev–Trinajstić information content (AvgIpc) is 1.93. The Kier molecular flexibility index (Phi) is 7.79. The summed E-state index contributed by atoms with van der Waals surface area (Å²) in [5.41, 5.74) is 3.90. The van der Waals surface area contributed by atoms with Crippen molar-refractivity contribution >= 4 is 0 Å². The lowest BCUT2D eigenvalue weighted by atomic mass is 10.1. The summed E-state index contributed by atoms with van der Waals surface area (Å²) < 4.78 is 12.4. The lowest BCUT2D eigenvalue weighted by molar-refractivity contribution is 0.194. The summed E-state index contributed by atoms with van der Waals surface area (Å²) in [6.45, 7) is 7.42. The van der Waals surface area contributed by atoms with E-state index in [2.05, 4.69) is 0 Å². The number of alkyl halides is 1. The van der Waals surface area contributed by atoms with Gasteiger partial charge in [-0.05, 0) is 13.3 Å². The van der Waals surface area contributed by atoms with Crippen molar-refractivity contribution in [2.75, 3.05) is 6.54 Å². The Labute approximate surface area is 57.4 Å². The topological polar surface area (TPSA) is 26.0 Å². The van der Waals surface area contributed by atoms with Gasteiger partial charge in [0.2, 0.25) is 0 Å². The van der Waals surface area contributed by atoms with Gasteiger partial charge in [-0.2, -0.15) is 0 Å². The van der Waals surface area contributed by atoms with E-state index in [1.807, 2.05) is 13.8 Å². The molecule has 0 heterocycles. The molecule has 0 fully saturated rings. The molecule has 58 valence electrons. The summed E-state index contributed by atoms with van der Waals surface area (Å²) in [4.78, 5) is 0. The van der Waals surface area contributed by atoms with Crippen LogP contribution in [0.4, 0.5) is 4.39 Å². The maximum Gasteiger partial charge on any atom is 0.120 e. The molecule has 0 amide bonds. The van der Waals surface area contributed by atoms with E-state index in [4.69, 9.17) is 5.73 Å². The van der Waals surface area contributed by atoms with Crippen molar-refractivity contribution in [3.63, 3.8) is 0 Å². The van der Waals surface area contributed by atoms with Crippen LogP contribution in [0.25, 0.3) is 0 Å². The van der Waals surface area contributed by atoms with E-state index in [9.17, 15) is 4.39 Å². The Morgan fingerprint density at radius 3 is 1.78 bits per heavy atom. The first-order valence-electron chi connectivity index (χ1n) is 3.51. The Balaban J connectivity index is 0. The predicted octanol–water partition coefficient (Wildman–Crippen LogP) is 2.11. The van der Waals surface area contributed by atoms with Crippen LogP contribution < -0.4 is 5.73 Å². The van der Waals surface area contributed by atoms with Gasteiger partial charge in [-0.3, -0.25) is 0 Å². The summed E-state index contributed by atoms with van der Waals surface area (Å²) in [6, 6.07) is 0. The smallest absolute Gasteiger partial charge is 0.120 e. The first-order chi connectivity index (χ1) is 4.12. The molecule has 0 aromatic carbocycles. The van der Waals surface area contributed by atoms with Gasteiger partial charge >= 0.3 is 0 Å². The first-order valence-corrected chi connectivity index (χ1v) is 3.51. The van der Waals surface area contributed by atoms with Crippen LogP contribution in [0, 0.1) is 0 Å². The minimum Gasteiger partial charge on any atom is -0.328 e. The van der Waals surface area contributed by atoms with E-state index in [0.29, 0.717) is 6.42 Å². The van der Waals surface area contributed by atoms with E-state index in [-0.39, 0.29) is 6.54 Å². The average molecular weight is 135 g/mol. The van der Waals surface area contributed by atoms with Gasteiger partial charge in [-0.25, -0.2) is 4.39 Å². The molecule has 0 aromatic heterocycles. The highest BCUT2D eigenvalue weighted by Gasteiger charge is 2.16. The molecule has 0 rings (SSSR count). The predicted molar refractivity (Wildman–Crippen MR) is 40.2 cm³/mol. The third-order valence-electron chi connectivity index (χ3n) is 1.16. The van der Waals surface area contributed by atoms with Crippen molar-refractivity contribution in [3.8, 4) is 0 Å². The number of rotatable bonds is 2. The van der Waals surface area contributed by atoms with Gasteiger partial charge in [0.15, 0.2) is 0 Å². The summed E-state index contributed by atoms with van der Waals surface area (Å²) in [5.74, 6) is 0. The molecule has 0 aromatic rings. The van der Waals surface area contributed by atoms with Crippen molar-refractivity contribution in [3.05, 3.63) is 0 Å². The molecular formula is C7H18FN. The van der Waals surface area contributed by atoms with Gasteiger partial charge in [-0.15, -0.1) is 0 Å². The van der Waals surface area contributed by atoms with Crippen LogP contribution in [-0.2, 0) is 0 Å². The molecule has 0 bridgehead atoms.